The van der Waals surface area contributed by atoms with E-state index in [9.17, 15) is 9.90 Å². The molecule has 4 nitrogen and oxygen atoms in total. The Balaban J connectivity index is 2.43. The molecule has 0 fully saturated rings. The van der Waals surface area contributed by atoms with E-state index in [1.54, 1.807) is 24.3 Å². The van der Waals surface area contributed by atoms with Crippen molar-refractivity contribution in [3.8, 4) is 0 Å². The SMILES string of the molecule is CN(C)CCNC(=O)C(O)c1ccccc1. The van der Waals surface area contributed by atoms with Crippen LogP contribution in [-0.4, -0.2) is 43.1 Å². The molecule has 0 aromatic heterocycles. The van der Waals surface area contributed by atoms with E-state index in [0.717, 1.165) is 6.54 Å². The van der Waals surface area contributed by atoms with Crippen molar-refractivity contribution in [2.45, 2.75) is 6.10 Å². The van der Waals surface area contributed by atoms with Crippen LogP contribution in [0.4, 0.5) is 0 Å². The average Bonchev–Trinajstić information content (AvgIpc) is 2.28. The van der Waals surface area contributed by atoms with Crippen molar-refractivity contribution in [2.75, 3.05) is 27.2 Å². The van der Waals surface area contributed by atoms with Gasteiger partial charge in [0.1, 0.15) is 0 Å². The summed E-state index contributed by atoms with van der Waals surface area (Å²) in [4.78, 5) is 13.5. The van der Waals surface area contributed by atoms with Crippen molar-refractivity contribution in [3.05, 3.63) is 35.9 Å². The Morgan fingerprint density at radius 1 is 1.38 bits per heavy atom. The molecular formula is C12H18N2O2. The number of likely N-dealkylation sites (N-methyl/N-ethyl adjacent to an activating group) is 1. The van der Waals surface area contributed by atoms with E-state index in [4.69, 9.17) is 0 Å². The average molecular weight is 222 g/mol. The Bertz CT molecular complexity index is 325. The quantitative estimate of drug-likeness (QED) is 0.758. The summed E-state index contributed by atoms with van der Waals surface area (Å²) in [6, 6.07) is 8.91. The smallest absolute Gasteiger partial charge is 0.253 e. The molecule has 4 heteroatoms. The van der Waals surface area contributed by atoms with Gasteiger partial charge in [0.25, 0.3) is 5.91 Å². The standard InChI is InChI=1S/C12H18N2O2/c1-14(2)9-8-13-12(16)11(15)10-6-4-3-5-7-10/h3-7,11,15H,8-9H2,1-2H3,(H,13,16). The molecular weight excluding hydrogens is 204 g/mol. The van der Waals surface area contributed by atoms with E-state index < -0.39 is 6.10 Å². The fourth-order valence-corrected chi connectivity index (χ4v) is 1.29. The van der Waals surface area contributed by atoms with Crippen molar-refractivity contribution >= 4 is 5.91 Å². The van der Waals surface area contributed by atoms with Crippen LogP contribution < -0.4 is 5.32 Å². The van der Waals surface area contributed by atoms with E-state index in [0.29, 0.717) is 12.1 Å². The van der Waals surface area contributed by atoms with Crippen LogP contribution in [-0.2, 0) is 4.79 Å². The van der Waals surface area contributed by atoms with Crippen molar-refractivity contribution in [1.82, 2.24) is 10.2 Å². The second-order valence-electron chi connectivity index (χ2n) is 3.91. The van der Waals surface area contributed by atoms with Crippen LogP contribution >= 0.6 is 0 Å². The predicted molar refractivity (Wildman–Crippen MR) is 63.0 cm³/mol. The fraction of sp³-hybridized carbons (Fsp3) is 0.417. The molecule has 16 heavy (non-hydrogen) atoms. The molecule has 2 N–H and O–H groups in total. The zero-order chi connectivity index (χ0) is 12.0. The minimum Gasteiger partial charge on any atom is -0.378 e. The molecule has 1 unspecified atom stereocenters. The van der Waals surface area contributed by atoms with Gasteiger partial charge in [-0.1, -0.05) is 30.3 Å². The molecule has 1 aromatic rings. The summed E-state index contributed by atoms with van der Waals surface area (Å²) in [5.41, 5.74) is 0.616. The third-order valence-corrected chi connectivity index (χ3v) is 2.22. The van der Waals surface area contributed by atoms with Crippen molar-refractivity contribution < 1.29 is 9.90 Å². The summed E-state index contributed by atoms with van der Waals surface area (Å²) in [7, 11) is 3.86. The van der Waals surface area contributed by atoms with Crippen LogP contribution in [0.15, 0.2) is 30.3 Å². The van der Waals surface area contributed by atoms with Crippen molar-refractivity contribution in [1.29, 1.82) is 0 Å². The van der Waals surface area contributed by atoms with Gasteiger partial charge in [-0.2, -0.15) is 0 Å². The highest BCUT2D eigenvalue weighted by molar-refractivity contribution is 5.81. The first-order valence-corrected chi connectivity index (χ1v) is 5.26. The van der Waals surface area contributed by atoms with E-state index in [1.807, 2.05) is 25.1 Å². The molecule has 0 bridgehead atoms. The van der Waals surface area contributed by atoms with E-state index in [1.165, 1.54) is 0 Å². The number of aliphatic hydroxyl groups excluding tert-OH is 1. The molecule has 0 spiro atoms. The largest absolute Gasteiger partial charge is 0.378 e. The number of carbonyl (C=O) groups is 1. The molecule has 0 aliphatic rings. The molecule has 1 aromatic carbocycles. The first-order valence-electron chi connectivity index (χ1n) is 5.26. The maximum atomic E-state index is 11.5. The number of aliphatic hydroxyl groups is 1. The normalized spacial score (nSPS) is 12.5. The third kappa shape index (κ3) is 4.00. The van der Waals surface area contributed by atoms with Crippen molar-refractivity contribution in [3.63, 3.8) is 0 Å². The Morgan fingerprint density at radius 3 is 2.56 bits per heavy atom. The molecule has 0 radical (unpaired) electrons. The summed E-state index contributed by atoms with van der Waals surface area (Å²) in [5.74, 6) is -0.354. The lowest BCUT2D eigenvalue weighted by Crippen LogP contribution is -2.34. The van der Waals surface area contributed by atoms with Gasteiger partial charge < -0.3 is 15.3 Å². The summed E-state index contributed by atoms with van der Waals surface area (Å²) in [6.07, 6.45) is -1.08. The molecule has 0 aliphatic heterocycles. The van der Waals surface area contributed by atoms with Gasteiger partial charge in [0.15, 0.2) is 6.10 Å². The maximum Gasteiger partial charge on any atom is 0.253 e. The Labute approximate surface area is 95.9 Å². The predicted octanol–water partition coefficient (Wildman–Crippen LogP) is 0.398. The van der Waals surface area contributed by atoms with Crippen LogP contribution in [0.2, 0.25) is 0 Å². The van der Waals surface area contributed by atoms with Gasteiger partial charge >= 0.3 is 0 Å². The topological polar surface area (TPSA) is 52.6 Å². The van der Waals surface area contributed by atoms with E-state index in [2.05, 4.69) is 5.32 Å². The molecule has 0 saturated heterocycles. The van der Waals surface area contributed by atoms with Crippen LogP contribution in [0.3, 0.4) is 0 Å². The summed E-state index contributed by atoms with van der Waals surface area (Å²) >= 11 is 0. The van der Waals surface area contributed by atoms with Gasteiger partial charge in [0, 0.05) is 13.1 Å². The Morgan fingerprint density at radius 2 is 2.00 bits per heavy atom. The molecule has 1 atom stereocenters. The molecule has 1 amide bonds. The van der Waals surface area contributed by atoms with Crippen LogP contribution in [0.5, 0.6) is 0 Å². The Hall–Kier alpha value is -1.39. The highest BCUT2D eigenvalue weighted by atomic mass is 16.3. The molecule has 88 valence electrons. The first kappa shape index (κ1) is 12.7. The number of benzene rings is 1. The van der Waals surface area contributed by atoms with Gasteiger partial charge in [-0.3, -0.25) is 4.79 Å². The number of nitrogens with one attached hydrogen (secondary N) is 1. The van der Waals surface area contributed by atoms with Gasteiger partial charge in [-0.25, -0.2) is 0 Å². The Kier molecular flexibility index (Phi) is 4.95. The van der Waals surface area contributed by atoms with Crippen LogP contribution in [0, 0.1) is 0 Å². The number of carbonyl (C=O) groups excluding carboxylic acids is 1. The minimum absolute atomic E-state index is 0.354. The van der Waals surface area contributed by atoms with Gasteiger partial charge in [0.05, 0.1) is 0 Å². The second-order valence-corrected chi connectivity index (χ2v) is 3.91. The van der Waals surface area contributed by atoms with Gasteiger partial charge in [-0.05, 0) is 19.7 Å². The van der Waals surface area contributed by atoms with E-state index in [-0.39, 0.29) is 5.91 Å². The highest BCUT2D eigenvalue weighted by Crippen LogP contribution is 2.11. The van der Waals surface area contributed by atoms with Gasteiger partial charge in [0.2, 0.25) is 0 Å². The minimum atomic E-state index is -1.08. The lowest BCUT2D eigenvalue weighted by molar-refractivity contribution is -0.129. The number of nitrogens with zero attached hydrogens (tertiary/aromatic N) is 1. The number of amides is 1. The summed E-state index contributed by atoms with van der Waals surface area (Å²) in [5, 5.41) is 12.4. The maximum absolute atomic E-state index is 11.5. The number of hydrogen-bond donors (Lipinski definition) is 2. The number of rotatable bonds is 5. The lowest BCUT2D eigenvalue weighted by Gasteiger charge is -2.13. The third-order valence-electron chi connectivity index (χ3n) is 2.22. The van der Waals surface area contributed by atoms with E-state index >= 15 is 0 Å². The lowest BCUT2D eigenvalue weighted by atomic mass is 10.1. The summed E-state index contributed by atoms with van der Waals surface area (Å²) in [6.45, 7) is 1.29. The zero-order valence-corrected chi connectivity index (χ0v) is 9.68. The first-order chi connectivity index (χ1) is 7.61. The second kappa shape index (κ2) is 6.25. The van der Waals surface area contributed by atoms with Gasteiger partial charge in [-0.15, -0.1) is 0 Å². The summed E-state index contributed by atoms with van der Waals surface area (Å²) < 4.78 is 0. The molecule has 0 heterocycles. The number of hydrogen-bond acceptors (Lipinski definition) is 3. The molecule has 0 aliphatic carbocycles. The van der Waals surface area contributed by atoms with Crippen LogP contribution in [0.1, 0.15) is 11.7 Å². The monoisotopic (exact) mass is 222 g/mol. The zero-order valence-electron chi connectivity index (χ0n) is 9.68. The molecule has 1 rings (SSSR count). The fourth-order valence-electron chi connectivity index (χ4n) is 1.29. The van der Waals surface area contributed by atoms with Crippen molar-refractivity contribution in [2.24, 2.45) is 0 Å². The van der Waals surface area contributed by atoms with Crippen LogP contribution in [0.25, 0.3) is 0 Å². The highest BCUT2D eigenvalue weighted by Gasteiger charge is 2.15. The molecule has 0 saturated carbocycles.